The molecule has 0 aromatic carbocycles. The maximum Gasteiger partial charge on any atom is 0.341 e. The van der Waals surface area contributed by atoms with Gasteiger partial charge in [0.15, 0.2) is 22.4 Å². The van der Waals surface area contributed by atoms with Gasteiger partial charge in [0.1, 0.15) is 5.56 Å². The van der Waals surface area contributed by atoms with Crippen molar-refractivity contribution in [2.75, 3.05) is 24.5 Å². The molecule has 0 saturated carbocycles. The largest absolute Gasteiger partial charge is 0.477 e. The number of thiazole rings is 1. The van der Waals surface area contributed by atoms with E-state index in [2.05, 4.69) is 9.97 Å². The zero-order chi connectivity index (χ0) is 19.8. The van der Waals surface area contributed by atoms with E-state index in [0.29, 0.717) is 24.8 Å². The fourth-order valence-electron chi connectivity index (χ4n) is 3.52. The number of hydrogen-bond acceptors (Lipinski definition) is 7. The lowest BCUT2D eigenvalue weighted by molar-refractivity contribution is 0.0695. The minimum absolute atomic E-state index is 0.0938. The lowest BCUT2D eigenvalue weighted by Gasteiger charge is -2.33. The van der Waals surface area contributed by atoms with Crippen molar-refractivity contribution in [2.45, 2.75) is 12.8 Å². The molecule has 3 N–H and O–H groups in total. The summed E-state index contributed by atoms with van der Waals surface area (Å²) in [6, 6.07) is 1.07. The second-order valence-electron chi connectivity index (χ2n) is 6.72. The average Bonchev–Trinajstić information content (AvgIpc) is 3.22. The standard InChI is InChI=1S/C18H18FN5O3S/c19-13-6-11-14(25)12(17(26)27)9-24(18-21-3-5-28-18)15(11)22-16(13)23-4-1-2-10(7-20)8-23/h3,5-6,9-10H,1-2,4,7-8,20H2,(H,26,27). The lowest BCUT2D eigenvalue weighted by Crippen LogP contribution is -2.39. The Labute approximate surface area is 163 Å². The minimum Gasteiger partial charge on any atom is -0.477 e. The van der Waals surface area contributed by atoms with E-state index in [4.69, 9.17) is 5.73 Å². The zero-order valence-electron chi connectivity index (χ0n) is 14.8. The highest BCUT2D eigenvalue weighted by Gasteiger charge is 2.25. The van der Waals surface area contributed by atoms with Crippen LogP contribution in [0.1, 0.15) is 23.2 Å². The van der Waals surface area contributed by atoms with Crippen molar-refractivity contribution in [2.24, 2.45) is 11.7 Å². The van der Waals surface area contributed by atoms with E-state index in [0.717, 1.165) is 18.9 Å². The first-order valence-electron chi connectivity index (χ1n) is 8.83. The Bertz CT molecular complexity index is 1100. The summed E-state index contributed by atoms with van der Waals surface area (Å²) in [4.78, 5) is 34.5. The van der Waals surface area contributed by atoms with E-state index in [9.17, 15) is 19.1 Å². The maximum atomic E-state index is 14.9. The van der Waals surface area contributed by atoms with Crippen LogP contribution in [0.4, 0.5) is 10.2 Å². The molecule has 1 aliphatic heterocycles. The number of hydrogen-bond donors (Lipinski definition) is 2. The van der Waals surface area contributed by atoms with Crippen molar-refractivity contribution in [3.8, 4) is 5.13 Å². The third kappa shape index (κ3) is 3.14. The quantitative estimate of drug-likeness (QED) is 0.683. The van der Waals surface area contributed by atoms with Crippen molar-refractivity contribution < 1.29 is 14.3 Å². The number of carboxylic acids is 1. The molecule has 0 spiro atoms. The number of carbonyl (C=O) groups is 1. The van der Waals surface area contributed by atoms with Gasteiger partial charge in [0, 0.05) is 30.9 Å². The predicted octanol–water partition coefficient (Wildman–Crippen LogP) is 1.85. The number of piperidine rings is 1. The first kappa shape index (κ1) is 18.5. The van der Waals surface area contributed by atoms with Crippen LogP contribution in [0.25, 0.3) is 16.2 Å². The average molecular weight is 403 g/mol. The summed E-state index contributed by atoms with van der Waals surface area (Å²) >= 11 is 1.26. The number of rotatable bonds is 4. The van der Waals surface area contributed by atoms with Gasteiger partial charge in [0.05, 0.1) is 5.39 Å². The van der Waals surface area contributed by atoms with Crippen molar-refractivity contribution in [3.05, 3.63) is 45.4 Å². The number of pyridine rings is 2. The lowest BCUT2D eigenvalue weighted by atomic mass is 9.98. The SMILES string of the molecule is NCC1CCCN(c2nc3c(cc2F)c(=O)c(C(=O)O)cn3-c2nccs2)C1. The van der Waals surface area contributed by atoms with E-state index < -0.39 is 22.8 Å². The first-order valence-corrected chi connectivity index (χ1v) is 9.71. The Hall–Kier alpha value is -2.85. The van der Waals surface area contributed by atoms with Gasteiger partial charge < -0.3 is 15.7 Å². The van der Waals surface area contributed by atoms with Crippen LogP contribution in [0.2, 0.25) is 0 Å². The van der Waals surface area contributed by atoms with Crippen LogP contribution < -0.4 is 16.1 Å². The molecule has 4 rings (SSSR count). The van der Waals surface area contributed by atoms with Crippen LogP contribution in [0.15, 0.2) is 28.6 Å². The Balaban J connectivity index is 1.95. The Morgan fingerprint density at radius 1 is 1.46 bits per heavy atom. The molecule has 8 nitrogen and oxygen atoms in total. The molecule has 0 bridgehead atoms. The molecule has 3 aromatic heterocycles. The van der Waals surface area contributed by atoms with Gasteiger partial charge in [-0.15, -0.1) is 11.3 Å². The number of halogens is 1. The van der Waals surface area contributed by atoms with E-state index in [1.165, 1.54) is 22.1 Å². The van der Waals surface area contributed by atoms with Crippen molar-refractivity contribution >= 4 is 34.2 Å². The molecular weight excluding hydrogens is 385 g/mol. The monoisotopic (exact) mass is 403 g/mol. The number of aromatic carboxylic acids is 1. The Morgan fingerprint density at radius 3 is 2.96 bits per heavy atom. The number of aromatic nitrogens is 3. The summed E-state index contributed by atoms with van der Waals surface area (Å²) in [5.41, 5.74) is 4.72. The Morgan fingerprint density at radius 2 is 2.29 bits per heavy atom. The van der Waals surface area contributed by atoms with Crippen LogP contribution >= 0.6 is 11.3 Å². The normalized spacial score (nSPS) is 17.2. The minimum atomic E-state index is -1.39. The molecule has 1 atom stereocenters. The van der Waals surface area contributed by atoms with Crippen LogP contribution in [-0.4, -0.2) is 45.2 Å². The highest BCUT2D eigenvalue weighted by Crippen LogP contribution is 2.27. The molecule has 1 saturated heterocycles. The van der Waals surface area contributed by atoms with Gasteiger partial charge in [0.2, 0.25) is 5.43 Å². The summed E-state index contributed by atoms with van der Waals surface area (Å²) < 4.78 is 16.3. The number of carboxylic acid groups (broad SMARTS) is 1. The van der Waals surface area contributed by atoms with Crippen molar-refractivity contribution in [1.82, 2.24) is 14.5 Å². The van der Waals surface area contributed by atoms with E-state index in [1.54, 1.807) is 11.6 Å². The van der Waals surface area contributed by atoms with Gasteiger partial charge in [-0.1, -0.05) is 0 Å². The first-order chi connectivity index (χ1) is 13.5. The molecule has 1 aliphatic rings. The number of anilines is 1. The Kier molecular flexibility index (Phi) is 4.82. The molecule has 0 radical (unpaired) electrons. The zero-order valence-corrected chi connectivity index (χ0v) is 15.7. The summed E-state index contributed by atoms with van der Waals surface area (Å²) in [5, 5.41) is 11.4. The van der Waals surface area contributed by atoms with Gasteiger partial charge >= 0.3 is 5.97 Å². The molecule has 28 heavy (non-hydrogen) atoms. The van der Waals surface area contributed by atoms with Gasteiger partial charge in [-0.3, -0.25) is 9.36 Å². The third-order valence-corrected chi connectivity index (χ3v) is 5.69. The van der Waals surface area contributed by atoms with Crippen LogP contribution in [0.5, 0.6) is 0 Å². The number of nitrogens with zero attached hydrogens (tertiary/aromatic N) is 4. The number of fused-ring (bicyclic) bond motifs is 1. The van der Waals surface area contributed by atoms with Crippen molar-refractivity contribution in [3.63, 3.8) is 0 Å². The molecular formula is C18H18FN5O3S. The fraction of sp³-hybridized carbons (Fsp3) is 0.333. The molecule has 1 unspecified atom stereocenters. The second kappa shape index (κ2) is 7.28. The summed E-state index contributed by atoms with van der Waals surface area (Å²) in [5.74, 6) is -1.65. The predicted molar refractivity (Wildman–Crippen MR) is 104 cm³/mol. The molecule has 3 aromatic rings. The summed E-state index contributed by atoms with van der Waals surface area (Å²) in [7, 11) is 0. The van der Waals surface area contributed by atoms with E-state index in [-0.39, 0.29) is 22.8 Å². The maximum absolute atomic E-state index is 14.9. The van der Waals surface area contributed by atoms with Gasteiger partial charge in [-0.05, 0) is 31.4 Å². The molecule has 4 heterocycles. The molecule has 146 valence electrons. The smallest absolute Gasteiger partial charge is 0.341 e. The van der Waals surface area contributed by atoms with Gasteiger partial charge in [0.25, 0.3) is 0 Å². The second-order valence-corrected chi connectivity index (χ2v) is 7.59. The summed E-state index contributed by atoms with van der Waals surface area (Å²) in [6.45, 7) is 1.73. The van der Waals surface area contributed by atoms with Crippen LogP contribution in [0, 0.1) is 11.7 Å². The highest BCUT2D eigenvalue weighted by molar-refractivity contribution is 7.12. The van der Waals surface area contributed by atoms with Gasteiger partial charge in [-0.25, -0.2) is 19.2 Å². The van der Waals surface area contributed by atoms with Crippen LogP contribution in [-0.2, 0) is 0 Å². The van der Waals surface area contributed by atoms with E-state index >= 15 is 0 Å². The highest BCUT2D eigenvalue weighted by atomic mass is 32.1. The third-order valence-electron chi connectivity index (χ3n) is 4.92. The topological polar surface area (TPSA) is 114 Å². The molecule has 10 heteroatoms. The van der Waals surface area contributed by atoms with Crippen LogP contribution in [0.3, 0.4) is 0 Å². The molecule has 1 fully saturated rings. The molecule has 0 amide bonds. The van der Waals surface area contributed by atoms with Gasteiger partial charge in [-0.2, -0.15) is 0 Å². The van der Waals surface area contributed by atoms with E-state index in [1.807, 2.05) is 4.90 Å². The number of nitrogens with two attached hydrogens (primary N) is 1. The fourth-order valence-corrected chi connectivity index (χ4v) is 4.14. The summed E-state index contributed by atoms with van der Waals surface area (Å²) in [6.07, 6.45) is 4.61. The molecule has 0 aliphatic carbocycles. The van der Waals surface area contributed by atoms with Crippen molar-refractivity contribution in [1.29, 1.82) is 0 Å².